The Morgan fingerprint density at radius 3 is 2.44 bits per heavy atom. The lowest BCUT2D eigenvalue weighted by molar-refractivity contribution is -0.138. The van der Waals surface area contributed by atoms with Gasteiger partial charge in [-0.25, -0.2) is 0 Å². The molecule has 7 heteroatoms. The highest BCUT2D eigenvalue weighted by Crippen LogP contribution is 2.15. The molecular formula is C18H28ClN3O3. The van der Waals surface area contributed by atoms with Crippen LogP contribution in [-0.2, 0) is 9.59 Å². The molecule has 1 aliphatic heterocycles. The van der Waals surface area contributed by atoms with Crippen molar-refractivity contribution in [1.29, 1.82) is 0 Å². The summed E-state index contributed by atoms with van der Waals surface area (Å²) < 4.78 is 0. The third-order valence-electron chi connectivity index (χ3n) is 4.61. The predicted molar refractivity (Wildman–Crippen MR) is 100.0 cm³/mol. The van der Waals surface area contributed by atoms with Gasteiger partial charge in [-0.15, -0.1) is 12.4 Å². The molecule has 140 valence electrons. The number of likely N-dealkylation sites (tertiary alicyclic amines) is 1. The fourth-order valence-electron chi connectivity index (χ4n) is 3.18. The lowest BCUT2D eigenvalue weighted by Gasteiger charge is -2.35. The highest BCUT2D eigenvalue weighted by Gasteiger charge is 2.24. The van der Waals surface area contributed by atoms with E-state index in [-0.39, 0.29) is 36.9 Å². The monoisotopic (exact) mass is 369 g/mol. The topological polar surface area (TPSA) is 72.9 Å². The third kappa shape index (κ3) is 7.02. The van der Waals surface area contributed by atoms with Crippen LogP contribution >= 0.6 is 12.4 Å². The number of rotatable bonds is 7. The van der Waals surface area contributed by atoms with Gasteiger partial charge in [-0.2, -0.15) is 0 Å². The van der Waals surface area contributed by atoms with Gasteiger partial charge >= 0.3 is 5.97 Å². The first-order valence-corrected chi connectivity index (χ1v) is 8.44. The molecule has 2 N–H and O–H groups in total. The molecule has 1 aliphatic rings. The summed E-state index contributed by atoms with van der Waals surface area (Å²) in [6.45, 7) is 4.09. The summed E-state index contributed by atoms with van der Waals surface area (Å²) in [6.07, 6.45) is 1.79. The Bertz CT molecular complexity index is 548. The van der Waals surface area contributed by atoms with Crippen LogP contribution < -0.4 is 5.32 Å². The first-order valence-electron chi connectivity index (χ1n) is 8.44. The van der Waals surface area contributed by atoms with Crippen LogP contribution in [-0.4, -0.2) is 66.1 Å². The lowest BCUT2D eigenvalue weighted by Crippen LogP contribution is -2.47. The molecule has 1 amide bonds. The van der Waals surface area contributed by atoms with Crippen LogP contribution in [0.25, 0.3) is 0 Å². The van der Waals surface area contributed by atoms with Gasteiger partial charge in [0.2, 0.25) is 5.91 Å². The molecule has 25 heavy (non-hydrogen) atoms. The summed E-state index contributed by atoms with van der Waals surface area (Å²) in [5, 5.41) is 11.9. The van der Waals surface area contributed by atoms with Crippen molar-refractivity contribution in [2.75, 3.05) is 33.2 Å². The van der Waals surface area contributed by atoms with Gasteiger partial charge in [0.15, 0.2) is 0 Å². The number of likely N-dealkylation sites (N-methyl/N-ethyl adjacent to an activating group) is 1. The Hall–Kier alpha value is -1.63. The van der Waals surface area contributed by atoms with Gasteiger partial charge in [0.05, 0.1) is 19.1 Å². The number of hydrogen-bond donors (Lipinski definition) is 2. The van der Waals surface area contributed by atoms with E-state index >= 15 is 0 Å². The molecule has 6 nitrogen and oxygen atoms in total. The maximum Gasteiger partial charge on any atom is 0.317 e. The lowest BCUT2D eigenvalue weighted by atomic mass is 10.0. The average molecular weight is 370 g/mol. The number of carboxylic acid groups (broad SMARTS) is 1. The number of nitrogens with one attached hydrogen (secondary N) is 1. The highest BCUT2D eigenvalue weighted by molar-refractivity contribution is 5.85. The van der Waals surface area contributed by atoms with Gasteiger partial charge in [0.25, 0.3) is 0 Å². The third-order valence-corrected chi connectivity index (χ3v) is 4.61. The summed E-state index contributed by atoms with van der Waals surface area (Å²) in [5.74, 6) is -0.766. The van der Waals surface area contributed by atoms with Gasteiger partial charge in [-0.1, -0.05) is 30.3 Å². The van der Waals surface area contributed by atoms with E-state index < -0.39 is 5.97 Å². The number of carboxylic acids is 1. The van der Waals surface area contributed by atoms with Crippen LogP contribution in [0.15, 0.2) is 30.3 Å². The normalized spacial score (nSPS) is 16.9. The largest absolute Gasteiger partial charge is 0.480 e. The molecule has 2 rings (SSSR count). The average Bonchev–Trinajstić information content (AvgIpc) is 2.55. The number of halogens is 1. The van der Waals surface area contributed by atoms with E-state index in [4.69, 9.17) is 5.11 Å². The molecule has 1 fully saturated rings. The van der Waals surface area contributed by atoms with Gasteiger partial charge in [0, 0.05) is 19.1 Å². The standard InChI is InChI=1S/C18H27N3O3.ClH/c1-14(15-6-4-3-5-7-15)19-17(22)12-21-10-8-16(9-11-21)20(2)13-18(23)24;/h3-7,14,16H,8-13H2,1-2H3,(H,19,22)(H,23,24);1H. The number of benzene rings is 1. The maximum absolute atomic E-state index is 12.2. The minimum absolute atomic E-state index is 0. The second kappa shape index (κ2) is 10.4. The van der Waals surface area contributed by atoms with Gasteiger partial charge in [0.1, 0.15) is 0 Å². The SMILES string of the molecule is CC(NC(=O)CN1CCC(N(C)CC(=O)O)CC1)c1ccccc1.Cl. The van der Waals surface area contributed by atoms with E-state index in [1.807, 2.05) is 49.2 Å². The molecular weight excluding hydrogens is 342 g/mol. The number of amides is 1. The molecule has 1 aromatic carbocycles. The number of nitrogens with zero attached hydrogens (tertiary/aromatic N) is 2. The van der Waals surface area contributed by atoms with Crippen LogP contribution in [0.3, 0.4) is 0 Å². The smallest absolute Gasteiger partial charge is 0.317 e. The molecule has 1 atom stereocenters. The van der Waals surface area contributed by atoms with E-state index in [9.17, 15) is 9.59 Å². The fraction of sp³-hybridized carbons (Fsp3) is 0.556. The number of hydrogen-bond acceptors (Lipinski definition) is 4. The summed E-state index contributed by atoms with van der Waals surface area (Å²) in [7, 11) is 1.85. The maximum atomic E-state index is 12.2. The molecule has 1 saturated heterocycles. The molecule has 1 aromatic rings. The van der Waals surface area contributed by atoms with Crippen LogP contribution in [0.5, 0.6) is 0 Å². The second-order valence-electron chi connectivity index (χ2n) is 6.52. The molecule has 0 radical (unpaired) electrons. The molecule has 1 heterocycles. The van der Waals surface area contributed by atoms with E-state index in [1.165, 1.54) is 0 Å². The summed E-state index contributed by atoms with van der Waals surface area (Å²) in [6, 6.07) is 10.2. The molecule has 0 spiro atoms. The number of carbonyl (C=O) groups is 2. The fourth-order valence-corrected chi connectivity index (χ4v) is 3.18. The van der Waals surface area contributed by atoms with Crippen molar-refractivity contribution in [3.05, 3.63) is 35.9 Å². The number of aliphatic carboxylic acids is 1. The van der Waals surface area contributed by atoms with Crippen LogP contribution in [0, 0.1) is 0 Å². The van der Waals surface area contributed by atoms with Crippen LogP contribution in [0.2, 0.25) is 0 Å². The zero-order valence-corrected chi connectivity index (χ0v) is 15.7. The number of piperidine rings is 1. The van der Waals surface area contributed by atoms with Gasteiger partial charge in [-0.05, 0) is 32.4 Å². The van der Waals surface area contributed by atoms with E-state index in [0.717, 1.165) is 31.5 Å². The molecule has 0 saturated carbocycles. The van der Waals surface area contributed by atoms with Crippen molar-refractivity contribution in [2.24, 2.45) is 0 Å². The quantitative estimate of drug-likeness (QED) is 0.766. The summed E-state index contributed by atoms with van der Waals surface area (Å²) >= 11 is 0. The van der Waals surface area contributed by atoms with E-state index in [2.05, 4.69) is 10.2 Å². The summed E-state index contributed by atoms with van der Waals surface area (Å²) in [5.41, 5.74) is 1.10. The van der Waals surface area contributed by atoms with E-state index in [1.54, 1.807) is 0 Å². The van der Waals surface area contributed by atoms with Crippen LogP contribution in [0.4, 0.5) is 0 Å². The first-order chi connectivity index (χ1) is 11.5. The van der Waals surface area contributed by atoms with Crippen molar-refractivity contribution < 1.29 is 14.7 Å². The molecule has 0 aliphatic carbocycles. The zero-order chi connectivity index (χ0) is 17.5. The van der Waals surface area contributed by atoms with E-state index in [0.29, 0.717) is 6.54 Å². The Labute approximate surface area is 155 Å². The second-order valence-corrected chi connectivity index (χ2v) is 6.52. The predicted octanol–water partition coefficient (Wildman–Crippen LogP) is 1.77. The van der Waals surface area contributed by atoms with Crippen molar-refractivity contribution in [1.82, 2.24) is 15.1 Å². The zero-order valence-electron chi connectivity index (χ0n) is 14.9. The van der Waals surface area contributed by atoms with Crippen molar-refractivity contribution in [2.45, 2.75) is 31.8 Å². The minimum atomic E-state index is -0.797. The minimum Gasteiger partial charge on any atom is -0.480 e. The van der Waals surface area contributed by atoms with Crippen molar-refractivity contribution in [3.8, 4) is 0 Å². The number of carbonyl (C=O) groups excluding carboxylic acids is 1. The van der Waals surface area contributed by atoms with Gasteiger partial charge < -0.3 is 10.4 Å². The van der Waals surface area contributed by atoms with Crippen molar-refractivity contribution in [3.63, 3.8) is 0 Å². The van der Waals surface area contributed by atoms with Crippen molar-refractivity contribution >= 4 is 24.3 Å². The first kappa shape index (κ1) is 21.4. The Balaban J connectivity index is 0.00000312. The molecule has 0 aromatic heterocycles. The Kier molecular flexibility index (Phi) is 8.89. The Morgan fingerprint density at radius 1 is 1.28 bits per heavy atom. The Morgan fingerprint density at radius 2 is 1.88 bits per heavy atom. The molecule has 0 bridgehead atoms. The molecule has 1 unspecified atom stereocenters. The highest BCUT2D eigenvalue weighted by atomic mass is 35.5. The van der Waals surface area contributed by atoms with Crippen LogP contribution in [0.1, 0.15) is 31.4 Å². The van der Waals surface area contributed by atoms with Gasteiger partial charge in [-0.3, -0.25) is 19.4 Å². The summed E-state index contributed by atoms with van der Waals surface area (Å²) in [4.78, 5) is 27.0.